The highest BCUT2D eigenvalue weighted by Crippen LogP contribution is 2.16. The molecular formula is C17H17N3O2. The molecule has 2 heterocycles. The molecule has 0 unspecified atom stereocenters. The molecule has 0 spiro atoms. The summed E-state index contributed by atoms with van der Waals surface area (Å²) >= 11 is 0. The third-order valence-electron chi connectivity index (χ3n) is 3.51. The number of rotatable bonds is 4. The van der Waals surface area contributed by atoms with Gasteiger partial charge >= 0.3 is 0 Å². The molecule has 0 N–H and O–H groups in total. The summed E-state index contributed by atoms with van der Waals surface area (Å²) < 4.78 is 5.73. The Morgan fingerprint density at radius 2 is 2.09 bits per heavy atom. The van der Waals surface area contributed by atoms with Gasteiger partial charge in [0.1, 0.15) is 6.10 Å². The van der Waals surface area contributed by atoms with Gasteiger partial charge in [-0.15, -0.1) is 5.10 Å². The monoisotopic (exact) mass is 295 g/mol. The van der Waals surface area contributed by atoms with Crippen molar-refractivity contribution in [1.29, 1.82) is 0 Å². The molecule has 1 amide bonds. The van der Waals surface area contributed by atoms with Crippen molar-refractivity contribution < 1.29 is 9.53 Å². The van der Waals surface area contributed by atoms with Crippen LogP contribution in [-0.4, -0.2) is 40.2 Å². The fourth-order valence-electron chi connectivity index (χ4n) is 2.38. The molecule has 1 aromatic heterocycles. The number of aromatic nitrogens is 2. The molecule has 0 bridgehead atoms. The number of amides is 1. The number of hydrogen-bond donors (Lipinski definition) is 0. The van der Waals surface area contributed by atoms with E-state index in [9.17, 15) is 4.79 Å². The predicted octanol–water partition coefficient (Wildman–Crippen LogP) is 2.17. The van der Waals surface area contributed by atoms with Gasteiger partial charge in [-0.25, -0.2) is 0 Å². The minimum absolute atomic E-state index is 0.00842. The smallest absolute Gasteiger partial charge is 0.246 e. The lowest BCUT2D eigenvalue weighted by atomic mass is 10.2. The molecule has 0 radical (unpaired) electrons. The van der Waals surface area contributed by atoms with Gasteiger partial charge in [0.15, 0.2) is 0 Å². The van der Waals surface area contributed by atoms with Gasteiger partial charge in [0.05, 0.1) is 6.54 Å². The molecule has 0 saturated carbocycles. The Morgan fingerprint density at radius 1 is 1.23 bits per heavy atom. The molecule has 1 atom stereocenters. The van der Waals surface area contributed by atoms with Crippen molar-refractivity contribution in [3.05, 3.63) is 60.3 Å². The normalized spacial score (nSPS) is 17.8. The largest absolute Gasteiger partial charge is 0.471 e. The van der Waals surface area contributed by atoms with E-state index in [2.05, 4.69) is 10.2 Å². The second kappa shape index (κ2) is 6.85. The summed E-state index contributed by atoms with van der Waals surface area (Å²) in [5, 5.41) is 7.68. The number of ether oxygens (including phenoxy) is 1. The highest BCUT2D eigenvalue weighted by Gasteiger charge is 2.26. The predicted molar refractivity (Wildman–Crippen MR) is 83.1 cm³/mol. The summed E-state index contributed by atoms with van der Waals surface area (Å²) in [5.74, 6) is 0.510. The van der Waals surface area contributed by atoms with Gasteiger partial charge in [0.2, 0.25) is 11.8 Å². The van der Waals surface area contributed by atoms with Crippen LogP contribution in [0.3, 0.4) is 0 Å². The van der Waals surface area contributed by atoms with E-state index in [1.807, 2.05) is 36.4 Å². The van der Waals surface area contributed by atoms with Crippen molar-refractivity contribution in [2.75, 3.05) is 13.1 Å². The molecule has 112 valence electrons. The van der Waals surface area contributed by atoms with Crippen LogP contribution < -0.4 is 4.74 Å². The second-order valence-corrected chi connectivity index (χ2v) is 5.12. The maximum Gasteiger partial charge on any atom is 0.246 e. The minimum Gasteiger partial charge on any atom is -0.471 e. The van der Waals surface area contributed by atoms with E-state index in [-0.39, 0.29) is 12.0 Å². The Kier molecular flexibility index (Phi) is 4.44. The molecule has 0 aliphatic carbocycles. The van der Waals surface area contributed by atoms with E-state index in [0.29, 0.717) is 19.0 Å². The van der Waals surface area contributed by atoms with Crippen LogP contribution in [0.2, 0.25) is 0 Å². The Morgan fingerprint density at radius 3 is 2.86 bits per heavy atom. The number of nitrogens with zero attached hydrogens (tertiary/aromatic N) is 3. The van der Waals surface area contributed by atoms with E-state index in [1.54, 1.807) is 29.3 Å². The quantitative estimate of drug-likeness (QED) is 0.811. The van der Waals surface area contributed by atoms with E-state index in [1.165, 1.54) is 0 Å². The molecule has 5 nitrogen and oxygen atoms in total. The summed E-state index contributed by atoms with van der Waals surface area (Å²) in [6, 6.07) is 13.3. The molecule has 1 fully saturated rings. The zero-order valence-corrected chi connectivity index (χ0v) is 12.1. The molecule has 2 aromatic rings. The first-order valence-corrected chi connectivity index (χ1v) is 7.28. The number of likely N-dealkylation sites (tertiary alicyclic amines) is 1. The van der Waals surface area contributed by atoms with Gasteiger partial charge in [0, 0.05) is 31.3 Å². The molecule has 1 aliphatic heterocycles. The zero-order chi connectivity index (χ0) is 15.2. The van der Waals surface area contributed by atoms with Crippen molar-refractivity contribution in [2.45, 2.75) is 12.5 Å². The number of carbonyl (C=O) groups excluding carboxylic acids is 1. The van der Waals surface area contributed by atoms with Crippen LogP contribution in [0.1, 0.15) is 12.0 Å². The molecular weight excluding hydrogens is 278 g/mol. The second-order valence-electron chi connectivity index (χ2n) is 5.12. The third kappa shape index (κ3) is 3.69. The van der Waals surface area contributed by atoms with Crippen LogP contribution in [0.15, 0.2) is 54.7 Å². The minimum atomic E-state index is -0.0224. The van der Waals surface area contributed by atoms with E-state index in [4.69, 9.17) is 4.74 Å². The maximum atomic E-state index is 12.2. The Hall–Kier alpha value is -2.69. The molecule has 1 aliphatic rings. The van der Waals surface area contributed by atoms with E-state index < -0.39 is 0 Å². The zero-order valence-electron chi connectivity index (χ0n) is 12.1. The number of carbonyl (C=O) groups is 1. The van der Waals surface area contributed by atoms with Crippen molar-refractivity contribution in [1.82, 2.24) is 15.1 Å². The third-order valence-corrected chi connectivity index (χ3v) is 3.51. The first-order valence-electron chi connectivity index (χ1n) is 7.28. The fourth-order valence-corrected chi connectivity index (χ4v) is 2.38. The van der Waals surface area contributed by atoms with Gasteiger partial charge < -0.3 is 9.64 Å². The van der Waals surface area contributed by atoms with Gasteiger partial charge in [-0.3, -0.25) is 4.79 Å². The molecule has 3 rings (SSSR count). The molecule has 5 heteroatoms. The summed E-state index contributed by atoms with van der Waals surface area (Å²) in [5.41, 5.74) is 1.02. The van der Waals surface area contributed by atoms with Crippen LogP contribution in [0.4, 0.5) is 0 Å². The Balaban J connectivity index is 1.54. The average molecular weight is 295 g/mol. The lowest BCUT2D eigenvalue weighted by Gasteiger charge is -2.14. The first-order chi connectivity index (χ1) is 10.8. The van der Waals surface area contributed by atoms with Crippen molar-refractivity contribution in [3.8, 4) is 5.88 Å². The van der Waals surface area contributed by atoms with Crippen molar-refractivity contribution in [3.63, 3.8) is 0 Å². The summed E-state index contributed by atoms with van der Waals surface area (Å²) in [7, 11) is 0. The molecule has 22 heavy (non-hydrogen) atoms. The van der Waals surface area contributed by atoms with Crippen LogP contribution in [0.25, 0.3) is 6.08 Å². The average Bonchev–Trinajstić information content (AvgIpc) is 3.03. The number of benzene rings is 1. The lowest BCUT2D eigenvalue weighted by molar-refractivity contribution is -0.125. The summed E-state index contributed by atoms with van der Waals surface area (Å²) in [6.45, 7) is 1.28. The Labute approximate surface area is 129 Å². The molecule has 1 aromatic carbocycles. The highest BCUT2D eigenvalue weighted by atomic mass is 16.5. The van der Waals surface area contributed by atoms with E-state index in [0.717, 1.165) is 12.0 Å². The first kappa shape index (κ1) is 14.3. The summed E-state index contributed by atoms with van der Waals surface area (Å²) in [6.07, 6.45) is 5.83. The fraction of sp³-hybridized carbons (Fsp3) is 0.235. The van der Waals surface area contributed by atoms with Crippen LogP contribution in [0.5, 0.6) is 5.88 Å². The highest BCUT2D eigenvalue weighted by molar-refractivity contribution is 5.91. The van der Waals surface area contributed by atoms with Crippen LogP contribution in [0, 0.1) is 0 Å². The van der Waals surface area contributed by atoms with Gasteiger partial charge in [-0.1, -0.05) is 30.3 Å². The van der Waals surface area contributed by atoms with Gasteiger partial charge in [0.25, 0.3) is 0 Å². The van der Waals surface area contributed by atoms with Crippen LogP contribution in [-0.2, 0) is 4.79 Å². The standard InChI is InChI=1S/C17H17N3O2/c21-17(9-8-14-5-2-1-3-6-14)20-12-10-15(13-20)22-16-7-4-11-18-19-16/h1-9,11,15H,10,12-13H2/b9-8+/t15-/m0/s1. The summed E-state index contributed by atoms with van der Waals surface area (Å²) in [4.78, 5) is 14.0. The lowest BCUT2D eigenvalue weighted by Crippen LogP contribution is -2.29. The molecule has 1 saturated heterocycles. The van der Waals surface area contributed by atoms with Gasteiger partial charge in [-0.2, -0.15) is 5.10 Å². The van der Waals surface area contributed by atoms with Crippen molar-refractivity contribution >= 4 is 12.0 Å². The topological polar surface area (TPSA) is 55.3 Å². The van der Waals surface area contributed by atoms with Crippen molar-refractivity contribution in [2.24, 2.45) is 0 Å². The van der Waals surface area contributed by atoms with Crippen LogP contribution >= 0.6 is 0 Å². The number of hydrogen-bond acceptors (Lipinski definition) is 4. The Bertz CT molecular complexity index is 643. The van der Waals surface area contributed by atoms with E-state index >= 15 is 0 Å². The van der Waals surface area contributed by atoms with Gasteiger partial charge in [-0.05, 0) is 17.7 Å². The SMILES string of the molecule is O=C(/C=C/c1ccccc1)N1CC[C@H](Oc2cccnn2)C1. The maximum absolute atomic E-state index is 12.2.